The number of benzene rings is 2. The highest BCUT2D eigenvalue weighted by Gasteiger charge is 2.12. The summed E-state index contributed by atoms with van der Waals surface area (Å²) in [4.78, 5) is 23.9. The Bertz CT molecular complexity index is 971. The highest BCUT2D eigenvalue weighted by Crippen LogP contribution is 2.18. The lowest BCUT2D eigenvalue weighted by Crippen LogP contribution is -2.14. The summed E-state index contributed by atoms with van der Waals surface area (Å²) in [5.41, 5.74) is 2.22. The van der Waals surface area contributed by atoms with Gasteiger partial charge in [-0.1, -0.05) is 42.1 Å². The molecule has 3 aromatic rings. The Hall–Kier alpha value is -3.13. The van der Waals surface area contributed by atoms with Crippen molar-refractivity contribution >= 4 is 29.3 Å². The SMILES string of the molecule is CCOC(=O)c1ccc(NC(=O)CSc2nnc(Cc3ccccc3)n2C)cc1. The molecule has 0 saturated heterocycles. The van der Waals surface area contributed by atoms with E-state index in [-0.39, 0.29) is 17.6 Å². The molecule has 0 spiro atoms. The van der Waals surface area contributed by atoms with E-state index in [1.165, 1.54) is 11.8 Å². The van der Waals surface area contributed by atoms with Crippen LogP contribution in [0.25, 0.3) is 0 Å². The number of esters is 1. The molecule has 3 rings (SSSR count). The largest absolute Gasteiger partial charge is 0.462 e. The summed E-state index contributed by atoms with van der Waals surface area (Å²) < 4.78 is 6.84. The molecule has 2 aromatic carbocycles. The molecule has 150 valence electrons. The highest BCUT2D eigenvalue weighted by atomic mass is 32.2. The number of carbonyl (C=O) groups excluding carboxylic acids is 2. The van der Waals surface area contributed by atoms with Crippen molar-refractivity contribution in [3.05, 3.63) is 71.5 Å². The molecule has 0 atom stereocenters. The van der Waals surface area contributed by atoms with Gasteiger partial charge in [0.1, 0.15) is 5.82 Å². The number of nitrogens with zero attached hydrogens (tertiary/aromatic N) is 3. The summed E-state index contributed by atoms with van der Waals surface area (Å²) in [6, 6.07) is 16.6. The first-order chi connectivity index (χ1) is 14.1. The minimum Gasteiger partial charge on any atom is -0.462 e. The molecule has 0 bridgehead atoms. The van der Waals surface area contributed by atoms with Crippen molar-refractivity contribution in [3.63, 3.8) is 0 Å². The van der Waals surface area contributed by atoms with Crippen molar-refractivity contribution in [1.82, 2.24) is 14.8 Å². The third-order valence-electron chi connectivity index (χ3n) is 4.14. The monoisotopic (exact) mass is 410 g/mol. The minimum atomic E-state index is -0.380. The first kappa shape index (κ1) is 20.6. The summed E-state index contributed by atoms with van der Waals surface area (Å²) in [6.45, 7) is 2.08. The van der Waals surface area contributed by atoms with Gasteiger partial charge in [0.15, 0.2) is 5.16 Å². The topological polar surface area (TPSA) is 86.1 Å². The molecule has 0 unspecified atom stereocenters. The van der Waals surface area contributed by atoms with Crippen molar-refractivity contribution < 1.29 is 14.3 Å². The number of amides is 1. The number of carbonyl (C=O) groups is 2. The summed E-state index contributed by atoms with van der Waals surface area (Å²) in [6.07, 6.45) is 0.684. The van der Waals surface area contributed by atoms with E-state index in [9.17, 15) is 9.59 Å². The summed E-state index contributed by atoms with van der Waals surface area (Å²) >= 11 is 1.32. The zero-order chi connectivity index (χ0) is 20.6. The van der Waals surface area contributed by atoms with Crippen LogP contribution in [0.4, 0.5) is 5.69 Å². The average Bonchev–Trinajstić information content (AvgIpc) is 3.07. The van der Waals surface area contributed by atoms with E-state index < -0.39 is 0 Å². The molecule has 7 nitrogen and oxygen atoms in total. The van der Waals surface area contributed by atoms with Gasteiger partial charge >= 0.3 is 5.97 Å². The fraction of sp³-hybridized carbons (Fsp3) is 0.238. The number of thioether (sulfide) groups is 1. The van der Waals surface area contributed by atoms with Gasteiger partial charge < -0.3 is 14.6 Å². The molecule has 0 aliphatic rings. The minimum absolute atomic E-state index is 0.161. The van der Waals surface area contributed by atoms with Crippen LogP contribution in [0.15, 0.2) is 59.8 Å². The van der Waals surface area contributed by atoms with E-state index in [1.54, 1.807) is 31.2 Å². The predicted octanol–water partition coefficient (Wildman–Crippen LogP) is 3.31. The van der Waals surface area contributed by atoms with Crippen LogP contribution >= 0.6 is 11.8 Å². The maximum atomic E-state index is 12.2. The Labute approximate surface area is 173 Å². The normalized spacial score (nSPS) is 10.6. The maximum absolute atomic E-state index is 12.2. The molecule has 0 radical (unpaired) electrons. The Kier molecular flexibility index (Phi) is 7.02. The molecular weight excluding hydrogens is 388 g/mol. The summed E-state index contributed by atoms with van der Waals surface area (Å²) in [5, 5.41) is 11.9. The fourth-order valence-corrected chi connectivity index (χ4v) is 3.36. The van der Waals surface area contributed by atoms with E-state index in [0.717, 1.165) is 11.4 Å². The Morgan fingerprint density at radius 2 is 1.79 bits per heavy atom. The van der Waals surface area contributed by atoms with E-state index in [0.29, 0.717) is 29.4 Å². The molecule has 0 aliphatic heterocycles. The van der Waals surface area contributed by atoms with Crippen LogP contribution in [0.5, 0.6) is 0 Å². The van der Waals surface area contributed by atoms with Crippen LogP contribution in [0.2, 0.25) is 0 Å². The van der Waals surface area contributed by atoms with Crippen molar-refractivity contribution in [2.45, 2.75) is 18.5 Å². The lowest BCUT2D eigenvalue weighted by molar-refractivity contribution is -0.113. The third kappa shape index (κ3) is 5.68. The third-order valence-corrected chi connectivity index (χ3v) is 5.16. The standard InChI is InChI=1S/C21H22N4O3S/c1-3-28-20(27)16-9-11-17(12-10-16)22-19(26)14-29-21-24-23-18(25(21)2)13-15-7-5-4-6-8-15/h4-12H,3,13-14H2,1-2H3,(H,22,26). The number of ether oxygens (including phenoxy) is 1. The van der Waals surface area contributed by atoms with Crippen LogP contribution in [-0.4, -0.2) is 39.0 Å². The van der Waals surface area contributed by atoms with Crippen LogP contribution in [-0.2, 0) is 23.0 Å². The summed E-state index contributed by atoms with van der Waals surface area (Å²) in [5.74, 6) is 0.506. The van der Waals surface area contributed by atoms with E-state index in [4.69, 9.17) is 4.74 Å². The lowest BCUT2D eigenvalue weighted by Gasteiger charge is -2.07. The van der Waals surface area contributed by atoms with Gasteiger partial charge in [-0.25, -0.2) is 4.79 Å². The first-order valence-corrected chi connectivity index (χ1v) is 10.2. The van der Waals surface area contributed by atoms with Crippen LogP contribution in [0.1, 0.15) is 28.7 Å². The van der Waals surface area contributed by atoms with Crippen molar-refractivity contribution in [3.8, 4) is 0 Å². The second-order valence-corrected chi connectivity index (χ2v) is 7.20. The van der Waals surface area contributed by atoms with Gasteiger partial charge in [0.05, 0.1) is 17.9 Å². The first-order valence-electron chi connectivity index (χ1n) is 9.19. The average molecular weight is 410 g/mol. The van der Waals surface area contributed by atoms with E-state index in [1.807, 2.05) is 41.9 Å². The van der Waals surface area contributed by atoms with Gasteiger partial charge in [-0.2, -0.15) is 0 Å². The van der Waals surface area contributed by atoms with Crippen molar-refractivity contribution in [1.29, 1.82) is 0 Å². The van der Waals surface area contributed by atoms with Gasteiger partial charge in [0.2, 0.25) is 5.91 Å². The van der Waals surface area contributed by atoms with Crippen LogP contribution in [0.3, 0.4) is 0 Å². The smallest absolute Gasteiger partial charge is 0.338 e. The maximum Gasteiger partial charge on any atom is 0.338 e. The van der Waals surface area contributed by atoms with E-state index in [2.05, 4.69) is 15.5 Å². The second-order valence-electron chi connectivity index (χ2n) is 6.25. The van der Waals surface area contributed by atoms with Crippen molar-refractivity contribution in [2.75, 3.05) is 17.7 Å². The number of nitrogens with one attached hydrogen (secondary N) is 1. The Morgan fingerprint density at radius 3 is 2.48 bits per heavy atom. The van der Waals surface area contributed by atoms with Gasteiger partial charge in [0.25, 0.3) is 0 Å². The number of anilines is 1. The molecule has 0 saturated carbocycles. The van der Waals surface area contributed by atoms with Gasteiger partial charge in [-0.3, -0.25) is 4.79 Å². The molecule has 0 fully saturated rings. The van der Waals surface area contributed by atoms with Crippen molar-refractivity contribution in [2.24, 2.45) is 7.05 Å². The Balaban J connectivity index is 1.52. The Morgan fingerprint density at radius 1 is 1.07 bits per heavy atom. The highest BCUT2D eigenvalue weighted by molar-refractivity contribution is 7.99. The van der Waals surface area contributed by atoms with Gasteiger partial charge in [0, 0.05) is 19.2 Å². The second kappa shape index (κ2) is 9.88. The van der Waals surface area contributed by atoms with Gasteiger partial charge in [-0.15, -0.1) is 10.2 Å². The lowest BCUT2D eigenvalue weighted by atomic mass is 10.1. The molecule has 8 heteroatoms. The van der Waals surface area contributed by atoms with Crippen LogP contribution < -0.4 is 5.32 Å². The fourth-order valence-electron chi connectivity index (χ4n) is 2.63. The van der Waals surface area contributed by atoms with Crippen LogP contribution in [0, 0.1) is 0 Å². The zero-order valence-corrected chi connectivity index (χ0v) is 17.1. The molecule has 1 aromatic heterocycles. The molecule has 29 heavy (non-hydrogen) atoms. The number of aromatic nitrogens is 3. The molecule has 1 heterocycles. The quantitative estimate of drug-likeness (QED) is 0.453. The van der Waals surface area contributed by atoms with Gasteiger partial charge in [-0.05, 0) is 36.8 Å². The number of rotatable bonds is 8. The van der Waals surface area contributed by atoms with E-state index >= 15 is 0 Å². The summed E-state index contributed by atoms with van der Waals surface area (Å²) in [7, 11) is 1.90. The molecule has 1 amide bonds. The predicted molar refractivity (Wildman–Crippen MR) is 112 cm³/mol. The molecule has 0 aliphatic carbocycles. The number of hydrogen-bond donors (Lipinski definition) is 1. The molecule has 1 N–H and O–H groups in total. The molecular formula is C21H22N4O3S. The number of hydrogen-bond acceptors (Lipinski definition) is 6. The zero-order valence-electron chi connectivity index (χ0n) is 16.3.